The monoisotopic (exact) mass is 368 g/mol. The molecule has 2 aliphatic heterocycles. The Bertz CT molecular complexity index is 803. The van der Waals surface area contributed by atoms with Crippen molar-refractivity contribution in [1.29, 1.82) is 0 Å². The van der Waals surface area contributed by atoms with Crippen LogP contribution in [0.25, 0.3) is 0 Å². The standard InChI is InChI=1S/C21H28N4O2/c1-15-8-11-23-25(15)12-9-20(26)24-14-18(21-19(24)7-4-10-22-21)16-5-3-6-17(13-16)27-2/h3,5-6,8,11,13,18-19,21-22H,4,7,9-10,12,14H2,1-2H3/t18-,19-,21-/m1/s1. The van der Waals surface area contributed by atoms with Crippen molar-refractivity contribution in [2.24, 2.45) is 0 Å². The third kappa shape index (κ3) is 3.58. The van der Waals surface area contributed by atoms with E-state index in [9.17, 15) is 4.79 Å². The maximum absolute atomic E-state index is 13.0. The maximum atomic E-state index is 13.0. The largest absolute Gasteiger partial charge is 0.497 e. The topological polar surface area (TPSA) is 59.4 Å². The molecule has 3 atom stereocenters. The van der Waals surface area contributed by atoms with Gasteiger partial charge in [0.2, 0.25) is 5.91 Å². The van der Waals surface area contributed by atoms with Gasteiger partial charge in [0.1, 0.15) is 5.75 Å². The predicted octanol–water partition coefficient (Wildman–Crippen LogP) is 2.34. The second-order valence-electron chi connectivity index (χ2n) is 7.56. The number of amides is 1. The highest BCUT2D eigenvalue weighted by molar-refractivity contribution is 5.77. The molecule has 6 nitrogen and oxygen atoms in total. The van der Waals surface area contributed by atoms with E-state index in [-0.39, 0.29) is 11.9 Å². The first-order chi connectivity index (χ1) is 13.2. The first-order valence-electron chi connectivity index (χ1n) is 9.82. The Hall–Kier alpha value is -2.34. The summed E-state index contributed by atoms with van der Waals surface area (Å²) in [4.78, 5) is 15.1. The maximum Gasteiger partial charge on any atom is 0.224 e. The minimum atomic E-state index is 0.231. The predicted molar refractivity (Wildman–Crippen MR) is 104 cm³/mol. The number of fused-ring (bicyclic) bond motifs is 1. The Morgan fingerprint density at radius 1 is 1.37 bits per heavy atom. The highest BCUT2D eigenvalue weighted by atomic mass is 16.5. The summed E-state index contributed by atoms with van der Waals surface area (Å²) in [5.41, 5.74) is 2.34. The third-order valence-electron chi connectivity index (χ3n) is 6.01. The first kappa shape index (κ1) is 18.0. The lowest BCUT2D eigenvalue weighted by molar-refractivity contribution is -0.132. The van der Waals surface area contributed by atoms with Gasteiger partial charge in [-0.25, -0.2) is 0 Å². The van der Waals surface area contributed by atoms with Crippen LogP contribution in [0.5, 0.6) is 5.75 Å². The Balaban J connectivity index is 1.51. The summed E-state index contributed by atoms with van der Waals surface area (Å²) >= 11 is 0. The molecule has 2 saturated heterocycles. The van der Waals surface area contributed by atoms with Gasteiger partial charge in [-0.2, -0.15) is 5.10 Å². The van der Waals surface area contributed by atoms with Gasteiger partial charge in [-0.15, -0.1) is 0 Å². The highest BCUT2D eigenvalue weighted by Crippen LogP contribution is 2.37. The average Bonchev–Trinajstić information content (AvgIpc) is 3.30. The van der Waals surface area contributed by atoms with E-state index in [1.807, 2.05) is 29.8 Å². The smallest absolute Gasteiger partial charge is 0.224 e. The molecule has 0 bridgehead atoms. The molecule has 0 radical (unpaired) electrons. The average molecular weight is 368 g/mol. The van der Waals surface area contributed by atoms with Crippen molar-refractivity contribution in [3.8, 4) is 5.75 Å². The van der Waals surface area contributed by atoms with Gasteiger partial charge in [0.25, 0.3) is 0 Å². The number of methoxy groups -OCH3 is 1. The van der Waals surface area contributed by atoms with E-state index in [4.69, 9.17) is 4.74 Å². The van der Waals surface area contributed by atoms with Crippen LogP contribution in [0.15, 0.2) is 36.5 Å². The molecule has 27 heavy (non-hydrogen) atoms. The van der Waals surface area contributed by atoms with Gasteiger partial charge in [-0.1, -0.05) is 12.1 Å². The number of piperidine rings is 1. The van der Waals surface area contributed by atoms with Crippen molar-refractivity contribution in [1.82, 2.24) is 20.0 Å². The number of nitrogens with one attached hydrogen (secondary N) is 1. The Morgan fingerprint density at radius 2 is 2.26 bits per heavy atom. The van der Waals surface area contributed by atoms with Crippen LogP contribution in [0, 0.1) is 6.92 Å². The lowest BCUT2D eigenvalue weighted by atomic mass is 9.87. The molecular formula is C21H28N4O2. The molecular weight excluding hydrogens is 340 g/mol. The van der Waals surface area contributed by atoms with E-state index in [1.165, 1.54) is 5.56 Å². The zero-order valence-electron chi connectivity index (χ0n) is 16.1. The van der Waals surface area contributed by atoms with Crippen LogP contribution >= 0.6 is 0 Å². The number of aromatic nitrogens is 2. The van der Waals surface area contributed by atoms with Crippen LogP contribution in [0.3, 0.4) is 0 Å². The molecule has 2 aromatic rings. The van der Waals surface area contributed by atoms with Crippen LogP contribution < -0.4 is 10.1 Å². The summed E-state index contributed by atoms with van der Waals surface area (Å²) in [6, 6.07) is 10.8. The molecule has 0 aliphatic carbocycles. The van der Waals surface area contributed by atoms with E-state index in [0.717, 1.165) is 37.4 Å². The fourth-order valence-electron chi connectivity index (χ4n) is 4.57. The number of nitrogens with zero attached hydrogens (tertiary/aromatic N) is 3. The number of hydrogen-bond acceptors (Lipinski definition) is 4. The number of carbonyl (C=O) groups is 1. The lowest BCUT2D eigenvalue weighted by Gasteiger charge is -2.33. The SMILES string of the molecule is COc1cccc([C@H]2CN(C(=O)CCn3nccc3C)[C@@H]3CCCN[C@H]23)c1. The molecule has 0 unspecified atom stereocenters. The summed E-state index contributed by atoms with van der Waals surface area (Å²) in [5.74, 6) is 1.41. The second kappa shape index (κ2) is 7.72. The van der Waals surface area contributed by atoms with Crippen molar-refractivity contribution >= 4 is 5.91 Å². The fourth-order valence-corrected chi connectivity index (χ4v) is 4.57. The van der Waals surface area contributed by atoms with E-state index in [2.05, 4.69) is 27.4 Å². The molecule has 144 valence electrons. The van der Waals surface area contributed by atoms with Gasteiger partial charge in [-0.05, 0) is 50.1 Å². The molecule has 4 rings (SSSR count). The minimum Gasteiger partial charge on any atom is -0.497 e. The lowest BCUT2D eigenvalue weighted by Crippen LogP contribution is -2.49. The molecule has 1 aromatic heterocycles. The molecule has 0 saturated carbocycles. The summed E-state index contributed by atoms with van der Waals surface area (Å²) in [5, 5.41) is 7.98. The molecule has 1 aromatic carbocycles. The van der Waals surface area contributed by atoms with Crippen LogP contribution in [0.2, 0.25) is 0 Å². The van der Waals surface area contributed by atoms with Crippen molar-refractivity contribution in [3.05, 3.63) is 47.8 Å². The number of rotatable bonds is 5. The fraction of sp³-hybridized carbons (Fsp3) is 0.524. The quantitative estimate of drug-likeness (QED) is 0.880. The molecule has 0 spiro atoms. The van der Waals surface area contributed by atoms with Crippen LogP contribution in [0.4, 0.5) is 0 Å². The van der Waals surface area contributed by atoms with Gasteiger partial charge >= 0.3 is 0 Å². The summed E-state index contributed by atoms with van der Waals surface area (Å²) in [6.45, 7) is 4.46. The Kier molecular flexibility index (Phi) is 5.16. The molecule has 3 heterocycles. The zero-order valence-corrected chi connectivity index (χ0v) is 16.1. The van der Waals surface area contributed by atoms with Crippen LogP contribution in [-0.2, 0) is 11.3 Å². The molecule has 6 heteroatoms. The number of likely N-dealkylation sites (tertiary alicyclic amines) is 1. The summed E-state index contributed by atoms with van der Waals surface area (Å²) in [6.07, 6.45) is 4.48. The first-order valence-corrected chi connectivity index (χ1v) is 9.82. The second-order valence-corrected chi connectivity index (χ2v) is 7.56. The van der Waals surface area contributed by atoms with Gasteiger partial charge in [0, 0.05) is 49.4 Å². The van der Waals surface area contributed by atoms with Gasteiger partial charge < -0.3 is 15.0 Å². The van der Waals surface area contributed by atoms with Crippen molar-refractivity contribution in [2.75, 3.05) is 20.2 Å². The molecule has 2 fully saturated rings. The number of carbonyl (C=O) groups excluding carboxylic acids is 1. The summed E-state index contributed by atoms with van der Waals surface area (Å²) < 4.78 is 7.31. The van der Waals surface area contributed by atoms with Crippen molar-refractivity contribution < 1.29 is 9.53 Å². The van der Waals surface area contributed by atoms with Gasteiger partial charge in [-0.3, -0.25) is 9.48 Å². The zero-order chi connectivity index (χ0) is 18.8. The minimum absolute atomic E-state index is 0.231. The molecule has 1 N–H and O–H groups in total. The van der Waals surface area contributed by atoms with Gasteiger partial charge in [0.15, 0.2) is 0 Å². The van der Waals surface area contributed by atoms with Crippen molar-refractivity contribution in [3.63, 3.8) is 0 Å². The van der Waals surface area contributed by atoms with Crippen LogP contribution in [0.1, 0.15) is 36.4 Å². The molecule has 2 aliphatic rings. The number of hydrogen-bond donors (Lipinski definition) is 1. The normalized spacial score (nSPS) is 24.7. The number of ether oxygens (including phenoxy) is 1. The van der Waals surface area contributed by atoms with Crippen LogP contribution in [-0.4, -0.2) is 52.9 Å². The Morgan fingerprint density at radius 3 is 3.04 bits per heavy atom. The molecule has 1 amide bonds. The summed E-state index contributed by atoms with van der Waals surface area (Å²) in [7, 11) is 1.70. The van der Waals surface area contributed by atoms with E-state index in [1.54, 1.807) is 13.3 Å². The number of benzene rings is 1. The van der Waals surface area contributed by atoms with E-state index in [0.29, 0.717) is 24.9 Å². The number of aryl methyl sites for hydroxylation is 2. The highest BCUT2D eigenvalue weighted by Gasteiger charge is 2.45. The van der Waals surface area contributed by atoms with Gasteiger partial charge in [0.05, 0.1) is 7.11 Å². The Labute approximate surface area is 160 Å². The van der Waals surface area contributed by atoms with Crippen molar-refractivity contribution in [2.45, 2.75) is 50.7 Å². The third-order valence-corrected chi connectivity index (χ3v) is 6.01. The van der Waals surface area contributed by atoms with E-state index >= 15 is 0 Å². The van der Waals surface area contributed by atoms with E-state index < -0.39 is 0 Å².